The van der Waals surface area contributed by atoms with Gasteiger partial charge in [0.2, 0.25) is 0 Å². The molecule has 0 aromatic rings. The zero-order valence-electron chi connectivity index (χ0n) is 6.23. The van der Waals surface area contributed by atoms with Gasteiger partial charge in [0.05, 0.1) is 6.61 Å². The van der Waals surface area contributed by atoms with E-state index in [1.165, 1.54) is 25.4 Å². The maximum atomic E-state index is 5.48. The zero-order valence-corrected chi connectivity index (χ0v) is 6.23. The molecule has 0 unspecified atom stereocenters. The lowest BCUT2D eigenvalue weighted by atomic mass is 10.1. The molecule has 2 rings (SSSR count). The number of rotatable bonds is 2. The summed E-state index contributed by atoms with van der Waals surface area (Å²) in [5.74, 6) is 0.967. The molecular weight excluding hydrogens is 126 g/mol. The third-order valence-corrected chi connectivity index (χ3v) is 2.12. The van der Waals surface area contributed by atoms with Gasteiger partial charge >= 0.3 is 0 Å². The van der Waals surface area contributed by atoms with E-state index >= 15 is 0 Å². The van der Waals surface area contributed by atoms with Gasteiger partial charge in [-0.1, -0.05) is 12.8 Å². The summed E-state index contributed by atoms with van der Waals surface area (Å²) in [6.07, 6.45) is 5.35. The van der Waals surface area contributed by atoms with E-state index in [2.05, 4.69) is 5.32 Å². The Bertz CT molecular complexity index is 106. The van der Waals surface area contributed by atoms with Crippen molar-refractivity contribution in [2.45, 2.75) is 19.3 Å². The number of hydrogen-bond acceptors (Lipinski definition) is 2. The van der Waals surface area contributed by atoms with Crippen LogP contribution in [0.4, 0.5) is 0 Å². The predicted octanol–water partition coefficient (Wildman–Crippen LogP) is 0.938. The molecule has 2 fully saturated rings. The average Bonchev–Trinajstić information content (AvgIpc) is 2.74. The van der Waals surface area contributed by atoms with Gasteiger partial charge in [-0.25, -0.2) is 0 Å². The SMILES string of the molecule is C1CO[C](CC2CC2)CN1. The van der Waals surface area contributed by atoms with Gasteiger partial charge in [0.25, 0.3) is 0 Å². The molecule has 0 aromatic heterocycles. The molecule has 2 heteroatoms. The van der Waals surface area contributed by atoms with Crippen LogP contribution < -0.4 is 5.32 Å². The smallest absolute Gasteiger partial charge is 0.111 e. The Hall–Kier alpha value is -0.0800. The Balaban J connectivity index is 1.69. The Morgan fingerprint density at radius 2 is 2.40 bits per heavy atom. The van der Waals surface area contributed by atoms with E-state index in [0.717, 1.165) is 25.6 Å². The number of hydrogen-bond donors (Lipinski definition) is 1. The molecule has 1 N–H and O–H groups in total. The van der Waals surface area contributed by atoms with E-state index in [1.54, 1.807) is 0 Å². The summed E-state index contributed by atoms with van der Waals surface area (Å²) in [7, 11) is 0. The normalized spacial score (nSPS) is 28.8. The predicted molar refractivity (Wildman–Crippen MR) is 39.4 cm³/mol. The van der Waals surface area contributed by atoms with E-state index in [4.69, 9.17) is 4.74 Å². The molecule has 1 saturated heterocycles. The molecule has 0 bridgehead atoms. The van der Waals surface area contributed by atoms with Crippen LogP contribution in [0.5, 0.6) is 0 Å². The molecule has 1 saturated carbocycles. The second-order valence-corrected chi connectivity index (χ2v) is 3.21. The first-order chi connectivity index (χ1) is 4.95. The lowest BCUT2D eigenvalue weighted by Crippen LogP contribution is -2.33. The summed E-state index contributed by atoms with van der Waals surface area (Å²) < 4.78 is 5.48. The fourth-order valence-corrected chi connectivity index (χ4v) is 1.32. The van der Waals surface area contributed by atoms with Crippen molar-refractivity contribution in [3.63, 3.8) is 0 Å². The second kappa shape index (κ2) is 2.89. The van der Waals surface area contributed by atoms with Gasteiger partial charge in [0.15, 0.2) is 0 Å². The Labute approximate surface area is 61.9 Å². The standard InChI is InChI=1S/C8H14NO/c1-2-7(1)5-8-6-9-3-4-10-8/h7,9H,1-6H2. The van der Waals surface area contributed by atoms with Crippen LogP contribution >= 0.6 is 0 Å². The fraction of sp³-hybridized carbons (Fsp3) is 0.875. The Morgan fingerprint density at radius 1 is 1.50 bits per heavy atom. The first-order valence-corrected chi connectivity index (χ1v) is 4.13. The lowest BCUT2D eigenvalue weighted by Gasteiger charge is -2.22. The highest BCUT2D eigenvalue weighted by atomic mass is 16.5. The quantitative estimate of drug-likeness (QED) is 0.616. The van der Waals surface area contributed by atoms with Crippen LogP contribution in [-0.4, -0.2) is 19.7 Å². The van der Waals surface area contributed by atoms with Crippen molar-refractivity contribution in [3.05, 3.63) is 6.10 Å². The molecule has 1 aliphatic heterocycles. The third-order valence-electron chi connectivity index (χ3n) is 2.12. The average molecular weight is 140 g/mol. The lowest BCUT2D eigenvalue weighted by molar-refractivity contribution is 0.101. The molecule has 57 valence electrons. The second-order valence-electron chi connectivity index (χ2n) is 3.21. The molecule has 2 nitrogen and oxygen atoms in total. The minimum atomic E-state index is 0.877. The van der Waals surface area contributed by atoms with Crippen molar-refractivity contribution in [3.8, 4) is 0 Å². The summed E-state index contributed by atoms with van der Waals surface area (Å²) in [6, 6.07) is 0. The largest absolute Gasteiger partial charge is 0.369 e. The van der Waals surface area contributed by atoms with Crippen molar-refractivity contribution in [1.29, 1.82) is 0 Å². The summed E-state index contributed by atoms with van der Waals surface area (Å²) in [5.41, 5.74) is 0. The number of nitrogens with one attached hydrogen (secondary N) is 1. The van der Waals surface area contributed by atoms with Gasteiger partial charge in [0.1, 0.15) is 6.10 Å². The summed E-state index contributed by atoms with van der Waals surface area (Å²) in [4.78, 5) is 0. The first-order valence-electron chi connectivity index (χ1n) is 4.13. The van der Waals surface area contributed by atoms with Crippen LogP contribution in [-0.2, 0) is 4.74 Å². The van der Waals surface area contributed by atoms with Crippen molar-refractivity contribution in [2.24, 2.45) is 5.92 Å². The van der Waals surface area contributed by atoms with Crippen LogP contribution in [0.3, 0.4) is 0 Å². The molecule has 2 aliphatic rings. The van der Waals surface area contributed by atoms with Gasteiger partial charge < -0.3 is 10.1 Å². The highest BCUT2D eigenvalue weighted by Crippen LogP contribution is 2.36. The van der Waals surface area contributed by atoms with Crippen LogP contribution in [0.2, 0.25) is 0 Å². The summed E-state index contributed by atoms with van der Waals surface area (Å²) in [5, 5.41) is 3.31. The monoisotopic (exact) mass is 140 g/mol. The highest BCUT2D eigenvalue weighted by Gasteiger charge is 2.27. The Morgan fingerprint density at radius 3 is 3.00 bits per heavy atom. The van der Waals surface area contributed by atoms with Crippen molar-refractivity contribution in [2.75, 3.05) is 19.7 Å². The third kappa shape index (κ3) is 1.70. The number of ether oxygens (including phenoxy) is 1. The van der Waals surface area contributed by atoms with Gasteiger partial charge in [-0.2, -0.15) is 0 Å². The molecule has 0 aromatic carbocycles. The van der Waals surface area contributed by atoms with E-state index in [1.807, 2.05) is 0 Å². The van der Waals surface area contributed by atoms with Gasteiger partial charge in [-0.15, -0.1) is 0 Å². The van der Waals surface area contributed by atoms with Crippen LogP contribution in [0.25, 0.3) is 0 Å². The zero-order chi connectivity index (χ0) is 6.81. The number of morpholine rings is 1. The molecule has 0 atom stereocenters. The first kappa shape index (κ1) is 6.62. The van der Waals surface area contributed by atoms with E-state index in [0.29, 0.717) is 0 Å². The van der Waals surface area contributed by atoms with Gasteiger partial charge in [-0.3, -0.25) is 0 Å². The topological polar surface area (TPSA) is 21.3 Å². The molecule has 0 amide bonds. The molecule has 1 radical (unpaired) electrons. The molecule has 0 spiro atoms. The van der Waals surface area contributed by atoms with Gasteiger partial charge in [0, 0.05) is 13.1 Å². The molecule has 10 heavy (non-hydrogen) atoms. The van der Waals surface area contributed by atoms with Crippen molar-refractivity contribution < 1.29 is 4.74 Å². The van der Waals surface area contributed by atoms with E-state index < -0.39 is 0 Å². The van der Waals surface area contributed by atoms with Crippen molar-refractivity contribution in [1.82, 2.24) is 5.32 Å². The fourth-order valence-electron chi connectivity index (χ4n) is 1.32. The minimum absolute atomic E-state index is 0.877. The molecule has 1 heterocycles. The van der Waals surface area contributed by atoms with E-state index in [9.17, 15) is 0 Å². The minimum Gasteiger partial charge on any atom is -0.369 e. The summed E-state index contributed by atoms with van der Waals surface area (Å²) >= 11 is 0. The van der Waals surface area contributed by atoms with Crippen molar-refractivity contribution >= 4 is 0 Å². The Kier molecular flexibility index (Phi) is 1.91. The van der Waals surface area contributed by atoms with Crippen LogP contribution in [0.1, 0.15) is 19.3 Å². The van der Waals surface area contributed by atoms with Crippen LogP contribution in [0, 0.1) is 12.0 Å². The highest BCUT2D eigenvalue weighted by molar-refractivity contribution is 4.91. The molecule has 1 aliphatic carbocycles. The maximum Gasteiger partial charge on any atom is 0.111 e. The van der Waals surface area contributed by atoms with Crippen LogP contribution in [0.15, 0.2) is 0 Å². The van der Waals surface area contributed by atoms with Gasteiger partial charge in [-0.05, 0) is 12.3 Å². The summed E-state index contributed by atoms with van der Waals surface area (Å²) in [6.45, 7) is 2.90. The maximum absolute atomic E-state index is 5.48. The van der Waals surface area contributed by atoms with E-state index in [-0.39, 0.29) is 0 Å². The molecular formula is C8H14NO.